The van der Waals surface area contributed by atoms with Gasteiger partial charge in [0.25, 0.3) is 5.91 Å². The van der Waals surface area contributed by atoms with E-state index in [4.69, 9.17) is 5.11 Å². The van der Waals surface area contributed by atoms with E-state index in [1.165, 1.54) is 13.0 Å². The normalized spacial score (nSPS) is 10.3. The maximum absolute atomic E-state index is 13.7. The zero-order valence-electron chi connectivity index (χ0n) is 11.2. The van der Waals surface area contributed by atoms with Crippen molar-refractivity contribution in [1.82, 2.24) is 5.32 Å². The molecule has 1 rings (SSSR count). The molecule has 0 saturated carbocycles. The lowest BCUT2D eigenvalue weighted by molar-refractivity contribution is -0.137. The Kier molecular flexibility index (Phi) is 6.09. The average molecular weight is 285 g/mol. The number of carbonyl (C=O) groups is 2. The molecule has 0 spiro atoms. The van der Waals surface area contributed by atoms with Gasteiger partial charge in [-0.1, -0.05) is 12.5 Å². The molecule has 1 aromatic rings. The molecule has 0 saturated heterocycles. The molecule has 0 aromatic heterocycles. The predicted octanol–water partition coefficient (Wildman–Crippen LogP) is 2.65. The summed E-state index contributed by atoms with van der Waals surface area (Å²) in [4.78, 5) is 22.0. The molecule has 4 nitrogen and oxygen atoms in total. The van der Waals surface area contributed by atoms with Gasteiger partial charge in [-0.3, -0.25) is 9.59 Å². The second-order valence-electron chi connectivity index (χ2n) is 4.51. The molecule has 6 heteroatoms. The molecule has 0 unspecified atom stereocenters. The van der Waals surface area contributed by atoms with E-state index < -0.39 is 29.1 Å². The lowest BCUT2D eigenvalue weighted by Crippen LogP contribution is -2.26. The Morgan fingerprint density at radius 2 is 1.90 bits per heavy atom. The summed E-state index contributed by atoms with van der Waals surface area (Å²) in [6.07, 6.45) is 1.78. The largest absolute Gasteiger partial charge is 0.481 e. The van der Waals surface area contributed by atoms with E-state index in [9.17, 15) is 18.4 Å². The van der Waals surface area contributed by atoms with Crippen molar-refractivity contribution < 1.29 is 23.5 Å². The van der Waals surface area contributed by atoms with E-state index in [1.54, 1.807) is 0 Å². The van der Waals surface area contributed by atoms with Crippen LogP contribution in [0.25, 0.3) is 0 Å². The SMILES string of the molecule is Cc1ccc(F)c(C(=O)NCCCCCC(=O)O)c1F. The number of rotatable bonds is 7. The number of aryl methyl sites for hydroxylation is 1. The first-order chi connectivity index (χ1) is 9.43. The van der Waals surface area contributed by atoms with E-state index in [0.29, 0.717) is 19.3 Å². The van der Waals surface area contributed by atoms with Crippen LogP contribution in [0.3, 0.4) is 0 Å². The second kappa shape index (κ2) is 7.57. The van der Waals surface area contributed by atoms with Gasteiger partial charge in [0.15, 0.2) is 0 Å². The number of nitrogens with one attached hydrogen (secondary N) is 1. The number of unbranched alkanes of at least 4 members (excludes halogenated alkanes) is 2. The number of hydrogen-bond donors (Lipinski definition) is 2. The number of carboxylic acids is 1. The molecule has 0 atom stereocenters. The van der Waals surface area contributed by atoms with E-state index in [2.05, 4.69) is 5.32 Å². The van der Waals surface area contributed by atoms with Crippen LogP contribution in [-0.4, -0.2) is 23.5 Å². The maximum atomic E-state index is 13.7. The molecular formula is C14H17F2NO3. The summed E-state index contributed by atoms with van der Waals surface area (Å²) in [5.74, 6) is -3.40. The Morgan fingerprint density at radius 3 is 2.55 bits per heavy atom. The molecule has 0 bridgehead atoms. The van der Waals surface area contributed by atoms with Crippen molar-refractivity contribution in [1.29, 1.82) is 0 Å². The number of amides is 1. The van der Waals surface area contributed by atoms with Crippen LogP contribution in [-0.2, 0) is 4.79 Å². The summed E-state index contributed by atoms with van der Waals surface area (Å²) in [6, 6.07) is 2.33. The minimum atomic E-state index is -0.892. The third-order valence-electron chi connectivity index (χ3n) is 2.86. The number of hydrogen-bond acceptors (Lipinski definition) is 2. The summed E-state index contributed by atoms with van der Waals surface area (Å²) in [5, 5.41) is 10.9. The Balaban J connectivity index is 2.44. The zero-order valence-corrected chi connectivity index (χ0v) is 11.2. The smallest absolute Gasteiger partial charge is 0.303 e. The van der Waals surface area contributed by atoms with Crippen molar-refractivity contribution in [3.05, 3.63) is 34.9 Å². The molecule has 0 aliphatic rings. The molecule has 0 aliphatic carbocycles. The number of benzene rings is 1. The first-order valence-corrected chi connectivity index (χ1v) is 6.38. The molecule has 0 aliphatic heterocycles. The van der Waals surface area contributed by atoms with Gasteiger partial charge >= 0.3 is 5.97 Å². The third kappa shape index (κ3) is 4.60. The Hall–Kier alpha value is -1.98. The molecule has 0 heterocycles. The number of halogens is 2. The second-order valence-corrected chi connectivity index (χ2v) is 4.51. The third-order valence-corrected chi connectivity index (χ3v) is 2.86. The van der Waals surface area contributed by atoms with Crippen molar-refractivity contribution in [3.8, 4) is 0 Å². The Morgan fingerprint density at radius 1 is 1.20 bits per heavy atom. The van der Waals surface area contributed by atoms with E-state index in [-0.39, 0.29) is 18.5 Å². The summed E-state index contributed by atoms with van der Waals surface area (Å²) in [6.45, 7) is 1.71. The van der Waals surface area contributed by atoms with Crippen LogP contribution in [0.4, 0.5) is 8.78 Å². The highest BCUT2D eigenvalue weighted by atomic mass is 19.1. The van der Waals surface area contributed by atoms with Gasteiger partial charge < -0.3 is 10.4 Å². The number of aliphatic carboxylic acids is 1. The summed E-state index contributed by atoms with van der Waals surface area (Å²) in [7, 11) is 0. The van der Waals surface area contributed by atoms with Gasteiger partial charge in [-0.05, 0) is 31.4 Å². The quantitative estimate of drug-likeness (QED) is 0.757. The molecular weight excluding hydrogens is 268 g/mol. The Bertz CT molecular complexity index is 503. The highest BCUT2D eigenvalue weighted by molar-refractivity contribution is 5.94. The van der Waals surface area contributed by atoms with Gasteiger partial charge in [0.2, 0.25) is 0 Å². The molecule has 110 valence electrons. The van der Waals surface area contributed by atoms with Crippen LogP contribution in [0.5, 0.6) is 0 Å². The zero-order chi connectivity index (χ0) is 15.1. The van der Waals surface area contributed by atoms with Gasteiger partial charge in [-0.15, -0.1) is 0 Å². The first kappa shape index (κ1) is 16.1. The molecule has 1 aromatic carbocycles. The standard InChI is InChI=1S/C14H17F2NO3/c1-9-6-7-10(15)12(13(9)16)14(20)17-8-4-2-3-5-11(18)19/h6-7H,2-5,8H2,1H3,(H,17,20)(H,18,19). The van der Waals surface area contributed by atoms with Crippen molar-refractivity contribution in [2.24, 2.45) is 0 Å². The summed E-state index contributed by atoms with van der Waals surface area (Å²) < 4.78 is 27.1. The van der Waals surface area contributed by atoms with Crippen molar-refractivity contribution >= 4 is 11.9 Å². The minimum absolute atomic E-state index is 0.0785. The minimum Gasteiger partial charge on any atom is -0.481 e. The molecule has 1 amide bonds. The first-order valence-electron chi connectivity index (χ1n) is 6.38. The maximum Gasteiger partial charge on any atom is 0.303 e. The van der Waals surface area contributed by atoms with E-state index >= 15 is 0 Å². The molecule has 20 heavy (non-hydrogen) atoms. The van der Waals surface area contributed by atoms with Crippen molar-refractivity contribution in [2.75, 3.05) is 6.54 Å². The van der Waals surface area contributed by atoms with E-state index in [1.807, 2.05) is 0 Å². The monoisotopic (exact) mass is 285 g/mol. The van der Waals surface area contributed by atoms with Gasteiger partial charge in [0.05, 0.1) is 0 Å². The van der Waals surface area contributed by atoms with Crippen LogP contribution in [0, 0.1) is 18.6 Å². The van der Waals surface area contributed by atoms with Crippen LogP contribution in [0.15, 0.2) is 12.1 Å². The van der Waals surface area contributed by atoms with Crippen LogP contribution >= 0.6 is 0 Å². The van der Waals surface area contributed by atoms with Gasteiger partial charge in [-0.25, -0.2) is 8.78 Å². The predicted molar refractivity (Wildman–Crippen MR) is 69.5 cm³/mol. The van der Waals surface area contributed by atoms with Gasteiger partial charge in [-0.2, -0.15) is 0 Å². The average Bonchev–Trinajstić information content (AvgIpc) is 2.38. The summed E-state index contributed by atoms with van der Waals surface area (Å²) >= 11 is 0. The fraction of sp³-hybridized carbons (Fsp3) is 0.429. The fourth-order valence-corrected chi connectivity index (χ4v) is 1.73. The number of carbonyl (C=O) groups excluding carboxylic acids is 1. The van der Waals surface area contributed by atoms with Crippen molar-refractivity contribution in [2.45, 2.75) is 32.6 Å². The fourth-order valence-electron chi connectivity index (χ4n) is 1.73. The van der Waals surface area contributed by atoms with Gasteiger partial charge in [0, 0.05) is 13.0 Å². The van der Waals surface area contributed by atoms with Crippen LogP contribution in [0.2, 0.25) is 0 Å². The summed E-state index contributed by atoms with van der Waals surface area (Å²) in [5.41, 5.74) is -0.367. The highest BCUT2D eigenvalue weighted by Crippen LogP contribution is 2.16. The molecule has 0 radical (unpaired) electrons. The van der Waals surface area contributed by atoms with Gasteiger partial charge in [0.1, 0.15) is 17.2 Å². The topological polar surface area (TPSA) is 66.4 Å². The number of carboxylic acid groups (broad SMARTS) is 1. The van der Waals surface area contributed by atoms with E-state index in [0.717, 1.165) is 6.07 Å². The van der Waals surface area contributed by atoms with Crippen LogP contribution < -0.4 is 5.32 Å². The van der Waals surface area contributed by atoms with Crippen LogP contribution in [0.1, 0.15) is 41.6 Å². The van der Waals surface area contributed by atoms with Crippen molar-refractivity contribution in [3.63, 3.8) is 0 Å². The molecule has 0 fully saturated rings. The molecule has 2 N–H and O–H groups in total. The lowest BCUT2D eigenvalue weighted by Gasteiger charge is -2.08. The lowest BCUT2D eigenvalue weighted by atomic mass is 10.1. The highest BCUT2D eigenvalue weighted by Gasteiger charge is 2.18. The Labute approximate surface area is 115 Å².